The first kappa shape index (κ1) is 12.7. The first-order valence-corrected chi connectivity index (χ1v) is 6.56. The highest BCUT2D eigenvalue weighted by atomic mass is 35.5. The molecule has 0 atom stereocenters. The van der Waals surface area contributed by atoms with Gasteiger partial charge in [0.05, 0.1) is 23.8 Å². The van der Waals surface area contributed by atoms with Gasteiger partial charge in [-0.05, 0) is 42.0 Å². The zero-order chi connectivity index (χ0) is 13.9. The molecular weight excluding hydrogens is 274 g/mol. The average Bonchev–Trinajstić information content (AvgIpc) is 2.89. The van der Waals surface area contributed by atoms with Crippen LogP contribution in [0.2, 0.25) is 5.02 Å². The number of aromatic amines is 1. The molecule has 2 N–H and O–H groups in total. The zero-order valence-corrected chi connectivity index (χ0v) is 11.3. The number of rotatable bonds is 3. The van der Waals surface area contributed by atoms with Gasteiger partial charge < -0.3 is 10.3 Å². The highest BCUT2D eigenvalue weighted by Crippen LogP contribution is 2.15. The highest BCUT2D eigenvalue weighted by Gasteiger charge is 2.05. The normalized spacial score (nSPS) is 10.7. The first-order chi connectivity index (χ1) is 9.70. The van der Waals surface area contributed by atoms with Crippen LogP contribution in [0.15, 0.2) is 48.8 Å². The summed E-state index contributed by atoms with van der Waals surface area (Å²) in [4.78, 5) is 19.1. The van der Waals surface area contributed by atoms with Crippen molar-refractivity contribution >= 4 is 34.2 Å². The van der Waals surface area contributed by atoms with Gasteiger partial charge in [-0.3, -0.25) is 4.79 Å². The second-order valence-electron chi connectivity index (χ2n) is 4.49. The Balaban J connectivity index is 1.70. The lowest BCUT2D eigenvalue weighted by atomic mass is 10.1. The SMILES string of the molecule is O=C(Cc1ccc2nc[nH]c2c1)Nc1ccc(Cl)cc1. The fraction of sp³-hybridized carbons (Fsp3) is 0.0667. The van der Waals surface area contributed by atoms with Crippen molar-refractivity contribution in [2.75, 3.05) is 5.32 Å². The Morgan fingerprint density at radius 1 is 1.20 bits per heavy atom. The largest absolute Gasteiger partial charge is 0.345 e. The van der Waals surface area contributed by atoms with Crippen LogP contribution in [-0.4, -0.2) is 15.9 Å². The van der Waals surface area contributed by atoms with Crippen LogP contribution in [0.5, 0.6) is 0 Å². The van der Waals surface area contributed by atoms with E-state index in [1.807, 2.05) is 18.2 Å². The molecule has 20 heavy (non-hydrogen) atoms. The minimum atomic E-state index is -0.0637. The van der Waals surface area contributed by atoms with Gasteiger partial charge in [0.2, 0.25) is 5.91 Å². The molecule has 0 fully saturated rings. The summed E-state index contributed by atoms with van der Waals surface area (Å²) in [7, 11) is 0. The molecule has 0 spiro atoms. The van der Waals surface area contributed by atoms with Crippen molar-refractivity contribution in [2.24, 2.45) is 0 Å². The number of anilines is 1. The lowest BCUT2D eigenvalue weighted by Gasteiger charge is -2.05. The molecule has 3 rings (SSSR count). The van der Waals surface area contributed by atoms with Crippen LogP contribution in [0.3, 0.4) is 0 Å². The van der Waals surface area contributed by atoms with E-state index in [0.29, 0.717) is 11.4 Å². The van der Waals surface area contributed by atoms with Crippen LogP contribution in [0, 0.1) is 0 Å². The molecule has 5 heteroatoms. The molecule has 0 unspecified atom stereocenters. The summed E-state index contributed by atoms with van der Waals surface area (Å²) in [5, 5.41) is 3.48. The van der Waals surface area contributed by atoms with Crippen molar-refractivity contribution in [3.05, 3.63) is 59.4 Å². The third-order valence-corrected chi connectivity index (χ3v) is 3.23. The number of H-pyrrole nitrogens is 1. The number of amides is 1. The van der Waals surface area contributed by atoms with E-state index in [0.717, 1.165) is 22.3 Å². The Morgan fingerprint density at radius 3 is 2.80 bits per heavy atom. The number of fused-ring (bicyclic) bond motifs is 1. The minimum Gasteiger partial charge on any atom is -0.345 e. The van der Waals surface area contributed by atoms with Gasteiger partial charge in [-0.25, -0.2) is 4.98 Å². The second kappa shape index (κ2) is 5.35. The molecule has 0 saturated heterocycles. The number of aromatic nitrogens is 2. The van der Waals surface area contributed by atoms with E-state index in [9.17, 15) is 4.79 Å². The summed E-state index contributed by atoms with van der Waals surface area (Å²) in [6.07, 6.45) is 1.96. The first-order valence-electron chi connectivity index (χ1n) is 6.18. The Kier molecular flexibility index (Phi) is 3.39. The van der Waals surface area contributed by atoms with Gasteiger partial charge in [0, 0.05) is 10.7 Å². The molecule has 0 aliphatic rings. The fourth-order valence-corrected chi connectivity index (χ4v) is 2.14. The van der Waals surface area contributed by atoms with Crippen LogP contribution in [0.25, 0.3) is 11.0 Å². The maximum Gasteiger partial charge on any atom is 0.228 e. The molecule has 2 aromatic carbocycles. The molecular formula is C15H12ClN3O. The van der Waals surface area contributed by atoms with Gasteiger partial charge in [-0.2, -0.15) is 0 Å². The summed E-state index contributed by atoms with van der Waals surface area (Å²) in [5.41, 5.74) is 3.50. The molecule has 0 aliphatic carbocycles. The van der Waals surface area contributed by atoms with E-state index in [2.05, 4.69) is 15.3 Å². The standard InChI is InChI=1S/C15H12ClN3O/c16-11-2-4-12(5-3-11)19-15(20)8-10-1-6-13-14(7-10)18-9-17-13/h1-7,9H,8H2,(H,17,18)(H,19,20). The average molecular weight is 286 g/mol. The van der Waals surface area contributed by atoms with Gasteiger partial charge in [-0.15, -0.1) is 0 Å². The second-order valence-corrected chi connectivity index (χ2v) is 4.92. The third-order valence-electron chi connectivity index (χ3n) is 2.98. The maximum atomic E-state index is 12.0. The van der Waals surface area contributed by atoms with Gasteiger partial charge in [0.15, 0.2) is 0 Å². The summed E-state index contributed by atoms with van der Waals surface area (Å²) < 4.78 is 0. The number of hydrogen-bond acceptors (Lipinski definition) is 2. The number of carbonyl (C=O) groups excluding carboxylic acids is 1. The summed E-state index contributed by atoms with van der Waals surface area (Å²) in [6, 6.07) is 12.8. The summed E-state index contributed by atoms with van der Waals surface area (Å²) in [6.45, 7) is 0. The van der Waals surface area contributed by atoms with Crippen LogP contribution in [0.1, 0.15) is 5.56 Å². The lowest BCUT2D eigenvalue weighted by Crippen LogP contribution is -2.14. The van der Waals surface area contributed by atoms with Crippen LogP contribution < -0.4 is 5.32 Å². The van der Waals surface area contributed by atoms with Crippen molar-refractivity contribution in [3.63, 3.8) is 0 Å². The summed E-state index contributed by atoms with van der Waals surface area (Å²) >= 11 is 5.80. The van der Waals surface area contributed by atoms with E-state index >= 15 is 0 Å². The quantitative estimate of drug-likeness (QED) is 0.775. The Bertz CT molecular complexity index is 749. The molecule has 4 nitrogen and oxygen atoms in total. The van der Waals surface area contributed by atoms with Crippen molar-refractivity contribution in [1.29, 1.82) is 0 Å². The Hall–Kier alpha value is -2.33. The van der Waals surface area contributed by atoms with E-state index in [4.69, 9.17) is 11.6 Å². The number of carbonyl (C=O) groups is 1. The molecule has 1 heterocycles. The van der Waals surface area contributed by atoms with E-state index in [1.165, 1.54) is 0 Å². The molecule has 0 bridgehead atoms. The Labute approximate surface area is 120 Å². The molecule has 1 amide bonds. The van der Waals surface area contributed by atoms with Gasteiger partial charge in [-0.1, -0.05) is 17.7 Å². The van der Waals surface area contributed by atoms with Crippen molar-refractivity contribution in [1.82, 2.24) is 9.97 Å². The number of benzene rings is 2. The number of halogens is 1. The summed E-state index contributed by atoms with van der Waals surface area (Å²) in [5.74, 6) is -0.0637. The van der Waals surface area contributed by atoms with E-state index in [-0.39, 0.29) is 5.91 Å². The highest BCUT2D eigenvalue weighted by molar-refractivity contribution is 6.30. The maximum absolute atomic E-state index is 12.0. The van der Waals surface area contributed by atoms with Gasteiger partial charge in [0.1, 0.15) is 0 Å². The van der Waals surface area contributed by atoms with Crippen LogP contribution in [0.4, 0.5) is 5.69 Å². The molecule has 100 valence electrons. The number of nitrogens with one attached hydrogen (secondary N) is 2. The predicted octanol–water partition coefficient (Wildman–Crippen LogP) is 3.40. The van der Waals surface area contributed by atoms with Crippen LogP contribution in [-0.2, 0) is 11.2 Å². The number of imidazole rings is 1. The van der Waals surface area contributed by atoms with Gasteiger partial charge >= 0.3 is 0 Å². The smallest absolute Gasteiger partial charge is 0.228 e. The lowest BCUT2D eigenvalue weighted by molar-refractivity contribution is -0.115. The number of hydrogen-bond donors (Lipinski definition) is 2. The topological polar surface area (TPSA) is 57.8 Å². The molecule has 0 radical (unpaired) electrons. The Morgan fingerprint density at radius 2 is 2.00 bits per heavy atom. The third kappa shape index (κ3) is 2.81. The number of nitrogens with zero attached hydrogens (tertiary/aromatic N) is 1. The monoisotopic (exact) mass is 285 g/mol. The van der Waals surface area contributed by atoms with Crippen LogP contribution >= 0.6 is 11.6 Å². The fourth-order valence-electron chi connectivity index (χ4n) is 2.02. The molecule has 0 saturated carbocycles. The minimum absolute atomic E-state index is 0.0637. The van der Waals surface area contributed by atoms with E-state index in [1.54, 1.807) is 30.6 Å². The zero-order valence-electron chi connectivity index (χ0n) is 10.6. The van der Waals surface area contributed by atoms with E-state index < -0.39 is 0 Å². The van der Waals surface area contributed by atoms with Gasteiger partial charge in [0.25, 0.3) is 0 Å². The van der Waals surface area contributed by atoms with Crippen molar-refractivity contribution in [3.8, 4) is 0 Å². The predicted molar refractivity (Wildman–Crippen MR) is 79.9 cm³/mol. The molecule has 1 aromatic heterocycles. The van der Waals surface area contributed by atoms with Crippen molar-refractivity contribution < 1.29 is 4.79 Å². The van der Waals surface area contributed by atoms with Crippen molar-refractivity contribution in [2.45, 2.75) is 6.42 Å². The molecule has 0 aliphatic heterocycles. The molecule has 3 aromatic rings.